The molecule has 12 heteroatoms. The number of carbonyl (C=O) groups is 5. The van der Waals surface area contributed by atoms with E-state index in [4.69, 9.17) is 15.9 Å². The third kappa shape index (κ3) is 12.0. The molecule has 0 saturated carbocycles. The Morgan fingerprint density at radius 1 is 0.931 bits per heavy atom. The van der Waals surface area contributed by atoms with Crippen LogP contribution in [0.5, 0.6) is 0 Å². The number of rotatable bonds is 14. The van der Waals surface area contributed by atoms with Crippen molar-refractivity contribution in [1.29, 1.82) is 0 Å². The van der Waals surface area contributed by atoms with Gasteiger partial charge in [-0.1, -0.05) is 13.8 Å². The number of hydrogen-bond donors (Lipinski definition) is 6. The Labute approximate surface area is 173 Å². The fraction of sp³-hybridized carbons (Fsp3) is 0.706. The molecule has 0 aromatic heterocycles. The average Bonchev–Trinajstić information content (AvgIpc) is 2.61. The second-order valence-electron chi connectivity index (χ2n) is 6.85. The van der Waals surface area contributed by atoms with Crippen molar-refractivity contribution in [2.45, 2.75) is 51.2 Å². The Morgan fingerprint density at radius 2 is 1.52 bits per heavy atom. The van der Waals surface area contributed by atoms with Gasteiger partial charge in [0.05, 0.1) is 12.5 Å². The highest BCUT2D eigenvalue weighted by Gasteiger charge is 2.30. The number of nitrogens with two attached hydrogens (primary N) is 1. The predicted octanol–water partition coefficient (Wildman–Crippen LogP) is -1.24. The van der Waals surface area contributed by atoms with E-state index >= 15 is 0 Å². The highest BCUT2D eigenvalue weighted by atomic mass is 32.2. The molecule has 0 aliphatic heterocycles. The lowest BCUT2D eigenvalue weighted by Crippen LogP contribution is -2.56. The molecule has 0 aromatic carbocycles. The van der Waals surface area contributed by atoms with Gasteiger partial charge >= 0.3 is 11.9 Å². The van der Waals surface area contributed by atoms with Crippen LogP contribution >= 0.6 is 11.8 Å². The van der Waals surface area contributed by atoms with Crippen molar-refractivity contribution >= 4 is 41.4 Å². The molecule has 0 aliphatic rings. The predicted molar refractivity (Wildman–Crippen MR) is 107 cm³/mol. The van der Waals surface area contributed by atoms with E-state index in [1.54, 1.807) is 13.8 Å². The molecule has 166 valence electrons. The minimum Gasteiger partial charge on any atom is -0.481 e. The quantitative estimate of drug-likeness (QED) is 0.194. The summed E-state index contributed by atoms with van der Waals surface area (Å²) in [5.74, 6) is -4.23. The third-order valence-corrected chi connectivity index (χ3v) is 4.38. The van der Waals surface area contributed by atoms with E-state index in [2.05, 4.69) is 16.0 Å². The molecular formula is C17H30N4O7S. The van der Waals surface area contributed by atoms with E-state index in [1.165, 1.54) is 11.8 Å². The van der Waals surface area contributed by atoms with Crippen LogP contribution in [-0.2, 0) is 24.0 Å². The van der Waals surface area contributed by atoms with Crippen LogP contribution in [0, 0.1) is 5.92 Å². The summed E-state index contributed by atoms with van der Waals surface area (Å²) in [4.78, 5) is 58.6. The Balaban J connectivity index is 5.21. The first-order valence-electron chi connectivity index (χ1n) is 9.04. The molecule has 3 amide bonds. The van der Waals surface area contributed by atoms with Crippen molar-refractivity contribution in [1.82, 2.24) is 16.0 Å². The monoisotopic (exact) mass is 434 g/mol. The van der Waals surface area contributed by atoms with Gasteiger partial charge in [-0.2, -0.15) is 11.8 Å². The van der Waals surface area contributed by atoms with Crippen molar-refractivity contribution in [3.63, 3.8) is 0 Å². The van der Waals surface area contributed by atoms with Crippen LogP contribution in [0.1, 0.15) is 33.1 Å². The smallest absolute Gasteiger partial charge is 0.322 e. The molecule has 11 nitrogen and oxygen atoms in total. The zero-order valence-corrected chi connectivity index (χ0v) is 17.6. The molecule has 3 atom stereocenters. The van der Waals surface area contributed by atoms with Crippen LogP contribution < -0.4 is 21.7 Å². The van der Waals surface area contributed by atoms with Crippen LogP contribution in [0.3, 0.4) is 0 Å². The summed E-state index contributed by atoms with van der Waals surface area (Å²) in [6.45, 7) is 2.97. The lowest BCUT2D eigenvalue weighted by atomic mass is 10.0. The van der Waals surface area contributed by atoms with E-state index in [0.717, 1.165) is 0 Å². The largest absolute Gasteiger partial charge is 0.481 e. The number of hydrogen-bond acceptors (Lipinski definition) is 7. The normalized spacial score (nSPS) is 13.8. The Morgan fingerprint density at radius 3 is 2.00 bits per heavy atom. The second-order valence-corrected chi connectivity index (χ2v) is 7.83. The summed E-state index contributed by atoms with van der Waals surface area (Å²) >= 11 is 1.49. The van der Waals surface area contributed by atoms with Crippen molar-refractivity contribution in [3.05, 3.63) is 0 Å². The van der Waals surface area contributed by atoms with E-state index in [9.17, 15) is 24.0 Å². The molecule has 0 radical (unpaired) electrons. The van der Waals surface area contributed by atoms with Crippen LogP contribution in [0.15, 0.2) is 0 Å². The fourth-order valence-corrected chi connectivity index (χ4v) is 2.79. The van der Waals surface area contributed by atoms with Crippen LogP contribution in [0.2, 0.25) is 0 Å². The van der Waals surface area contributed by atoms with E-state index in [-0.39, 0.29) is 12.3 Å². The maximum absolute atomic E-state index is 12.6. The zero-order valence-electron chi connectivity index (χ0n) is 16.8. The molecule has 0 aromatic rings. The number of carboxylic acids is 2. The number of nitrogens with one attached hydrogen (secondary N) is 3. The first kappa shape index (κ1) is 26.7. The molecule has 0 saturated heterocycles. The molecule has 3 unspecified atom stereocenters. The van der Waals surface area contributed by atoms with Gasteiger partial charge in [0.25, 0.3) is 0 Å². The minimum atomic E-state index is -1.43. The number of aliphatic carboxylic acids is 2. The van der Waals surface area contributed by atoms with E-state index in [1.807, 2.05) is 6.26 Å². The SMILES string of the molecule is CSCCC(N)C(=O)NC(CC(=O)O)C(=O)NC(CC(C)C)C(=O)NCC(=O)O. The molecule has 7 N–H and O–H groups in total. The maximum Gasteiger partial charge on any atom is 0.322 e. The van der Waals surface area contributed by atoms with Gasteiger partial charge in [-0.3, -0.25) is 24.0 Å². The number of carboxylic acid groups (broad SMARTS) is 2. The lowest BCUT2D eigenvalue weighted by Gasteiger charge is -2.24. The van der Waals surface area contributed by atoms with E-state index in [0.29, 0.717) is 12.2 Å². The van der Waals surface area contributed by atoms with Crippen molar-refractivity contribution in [2.24, 2.45) is 11.7 Å². The minimum absolute atomic E-state index is 0.0247. The average molecular weight is 435 g/mol. The van der Waals surface area contributed by atoms with Crippen LogP contribution in [0.4, 0.5) is 0 Å². The van der Waals surface area contributed by atoms with Crippen molar-refractivity contribution in [3.8, 4) is 0 Å². The number of carbonyl (C=O) groups excluding carboxylic acids is 3. The van der Waals surface area contributed by atoms with Crippen molar-refractivity contribution < 1.29 is 34.2 Å². The van der Waals surface area contributed by atoms with Crippen molar-refractivity contribution in [2.75, 3.05) is 18.6 Å². The van der Waals surface area contributed by atoms with Gasteiger partial charge in [0.1, 0.15) is 18.6 Å². The zero-order chi connectivity index (χ0) is 22.6. The molecular weight excluding hydrogens is 404 g/mol. The molecule has 29 heavy (non-hydrogen) atoms. The van der Waals surface area contributed by atoms with Gasteiger partial charge in [0, 0.05) is 0 Å². The number of amides is 3. The molecule has 0 aliphatic carbocycles. The topological polar surface area (TPSA) is 188 Å². The third-order valence-electron chi connectivity index (χ3n) is 3.74. The van der Waals surface area contributed by atoms with Gasteiger partial charge in [-0.25, -0.2) is 0 Å². The van der Waals surface area contributed by atoms with Gasteiger partial charge < -0.3 is 31.9 Å². The first-order valence-corrected chi connectivity index (χ1v) is 10.4. The number of thioether (sulfide) groups is 1. The highest BCUT2D eigenvalue weighted by molar-refractivity contribution is 7.98. The summed E-state index contributed by atoms with van der Waals surface area (Å²) in [5, 5.41) is 24.6. The van der Waals surface area contributed by atoms with Crippen LogP contribution in [-0.4, -0.2) is 76.6 Å². The molecule has 0 rings (SSSR count). The van der Waals surface area contributed by atoms with Gasteiger partial charge in [0.15, 0.2) is 0 Å². The van der Waals surface area contributed by atoms with Gasteiger partial charge in [-0.15, -0.1) is 0 Å². The maximum atomic E-state index is 12.6. The summed E-state index contributed by atoms with van der Waals surface area (Å²) in [5.41, 5.74) is 5.74. The summed E-state index contributed by atoms with van der Waals surface area (Å²) in [6.07, 6.45) is 1.69. The molecule has 0 fully saturated rings. The standard InChI is InChI=1S/C17H30N4O7S/c1-9(2)6-11(16(27)19-8-14(24)25)21-17(28)12(7-13(22)23)20-15(26)10(18)4-5-29-3/h9-12H,4-8,18H2,1-3H3,(H,19,27)(H,20,26)(H,21,28)(H,22,23)(H,24,25). The Kier molecular flexibility index (Phi) is 12.7. The first-order chi connectivity index (χ1) is 13.5. The summed E-state index contributed by atoms with van der Waals surface area (Å²) in [7, 11) is 0. The van der Waals surface area contributed by atoms with Gasteiger partial charge in [-0.05, 0) is 30.8 Å². The van der Waals surface area contributed by atoms with Gasteiger partial charge in [0.2, 0.25) is 17.7 Å². The Bertz CT molecular complexity index is 600. The molecule has 0 spiro atoms. The summed E-state index contributed by atoms with van der Waals surface area (Å²) in [6, 6.07) is -3.42. The molecule has 0 heterocycles. The fourth-order valence-electron chi connectivity index (χ4n) is 2.30. The molecule has 0 bridgehead atoms. The summed E-state index contributed by atoms with van der Waals surface area (Å²) < 4.78 is 0. The second kappa shape index (κ2) is 13.8. The lowest BCUT2D eigenvalue weighted by molar-refractivity contribution is -0.141. The Hall–Kier alpha value is -2.34. The highest BCUT2D eigenvalue weighted by Crippen LogP contribution is 2.07. The van der Waals surface area contributed by atoms with Crippen LogP contribution in [0.25, 0.3) is 0 Å². The van der Waals surface area contributed by atoms with E-state index < -0.39 is 60.8 Å².